The number of halogens is 1. The van der Waals surface area contributed by atoms with Crippen LogP contribution in [0.2, 0.25) is 0 Å². The minimum absolute atomic E-state index is 0.831. The van der Waals surface area contributed by atoms with E-state index in [9.17, 15) is 0 Å². The lowest BCUT2D eigenvalue weighted by Crippen LogP contribution is -2.34. The fourth-order valence-electron chi connectivity index (χ4n) is 3.67. The molecule has 2 rings (SSSR count). The average Bonchev–Trinajstić information content (AvgIpc) is 2.43. The summed E-state index contributed by atoms with van der Waals surface area (Å²) in [6.07, 6.45) is 5.45. The van der Waals surface area contributed by atoms with Crippen molar-refractivity contribution < 1.29 is 0 Å². The van der Waals surface area contributed by atoms with Crippen LogP contribution in [-0.4, -0.2) is 13.6 Å². The van der Waals surface area contributed by atoms with Crippen LogP contribution in [0.15, 0.2) is 28.7 Å². The number of rotatable bonds is 5. The summed E-state index contributed by atoms with van der Waals surface area (Å²) < 4.78 is 1.18. The van der Waals surface area contributed by atoms with E-state index in [1.165, 1.54) is 42.3 Å². The minimum atomic E-state index is 0.831. The van der Waals surface area contributed by atoms with Gasteiger partial charge in [-0.3, -0.25) is 0 Å². The van der Waals surface area contributed by atoms with Crippen molar-refractivity contribution in [2.24, 2.45) is 23.7 Å². The largest absolute Gasteiger partial charge is 0.319 e. The molecule has 0 spiro atoms. The first-order valence-corrected chi connectivity index (χ1v) is 8.78. The van der Waals surface area contributed by atoms with Crippen molar-refractivity contribution in [1.29, 1.82) is 0 Å². The Morgan fingerprint density at radius 3 is 2.45 bits per heavy atom. The van der Waals surface area contributed by atoms with Gasteiger partial charge in [0.25, 0.3) is 0 Å². The lowest BCUT2D eigenvalue weighted by molar-refractivity contribution is 0.146. The Kier molecular flexibility index (Phi) is 6.10. The second-order valence-electron chi connectivity index (χ2n) is 6.73. The molecular formula is C18H28BrN. The van der Waals surface area contributed by atoms with Crippen molar-refractivity contribution >= 4 is 15.9 Å². The fourth-order valence-corrected chi connectivity index (χ4v) is 3.94. The van der Waals surface area contributed by atoms with Gasteiger partial charge >= 0.3 is 0 Å². The molecule has 0 aromatic heterocycles. The summed E-state index contributed by atoms with van der Waals surface area (Å²) in [6, 6.07) is 8.90. The molecule has 1 nitrogen and oxygen atoms in total. The van der Waals surface area contributed by atoms with E-state index in [2.05, 4.69) is 66.4 Å². The zero-order valence-electron chi connectivity index (χ0n) is 13.0. The molecule has 1 saturated carbocycles. The van der Waals surface area contributed by atoms with Gasteiger partial charge in [-0.15, -0.1) is 0 Å². The van der Waals surface area contributed by atoms with Gasteiger partial charge in [-0.2, -0.15) is 0 Å². The number of benzene rings is 1. The summed E-state index contributed by atoms with van der Waals surface area (Å²) >= 11 is 3.53. The molecule has 0 bridgehead atoms. The highest BCUT2D eigenvalue weighted by molar-refractivity contribution is 9.10. The van der Waals surface area contributed by atoms with Crippen LogP contribution >= 0.6 is 15.9 Å². The second-order valence-corrected chi connectivity index (χ2v) is 7.64. The van der Waals surface area contributed by atoms with Crippen molar-refractivity contribution in [2.75, 3.05) is 13.6 Å². The van der Waals surface area contributed by atoms with E-state index in [0.717, 1.165) is 23.7 Å². The van der Waals surface area contributed by atoms with Crippen LogP contribution in [0, 0.1) is 23.7 Å². The SMILES string of the molecule is CNCC1CCC(C(C)C)CC1Cc1ccc(Br)cc1. The molecule has 0 radical (unpaired) electrons. The summed E-state index contributed by atoms with van der Waals surface area (Å²) in [5.74, 6) is 3.44. The molecule has 1 N–H and O–H groups in total. The molecule has 20 heavy (non-hydrogen) atoms. The van der Waals surface area contributed by atoms with Gasteiger partial charge in [0.15, 0.2) is 0 Å². The molecule has 0 aliphatic heterocycles. The van der Waals surface area contributed by atoms with Gasteiger partial charge in [-0.1, -0.05) is 41.9 Å². The van der Waals surface area contributed by atoms with Crippen LogP contribution in [0.25, 0.3) is 0 Å². The molecule has 1 aromatic rings. The molecule has 3 unspecified atom stereocenters. The highest BCUT2D eigenvalue weighted by Crippen LogP contribution is 2.39. The van der Waals surface area contributed by atoms with Gasteiger partial charge in [-0.25, -0.2) is 0 Å². The van der Waals surface area contributed by atoms with Crippen molar-refractivity contribution in [3.63, 3.8) is 0 Å². The summed E-state index contributed by atoms with van der Waals surface area (Å²) in [6.45, 7) is 5.95. The molecule has 112 valence electrons. The van der Waals surface area contributed by atoms with Gasteiger partial charge in [0.05, 0.1) is 0 Å². The van der Waals surface area contributed by atoms with Gasteiger partial charge in [0.1, 0.15) is 0 Å². The highest BCUT2D eigenvalue weighted by atomic mass is 79.9. The third kappa shape index (κ3) is 4.33. The topological polar surface area (TPSA) is 12.0 Å². The Morgan fingerprint density at radius 2 is 1.85 bits per heavy atom. The highest BCUT2D eigenvalue weighted by Gasteiger charge is 2.31. The first kappa shape index (κ1) is 16.0. The third-order valence-corrected chi connectivity index (χ3v) is 5.53. The van der Waals surface area contributed by atoms with Crippen molar-refractivity contribution in [1.82, 2.24) is 5.32 Å². The van der Waals surface area contributed by atoms with Gasteiger partial charge in [0.2, 0.25) is 0 Å². The smallest absolute Gasteiger partial charge is 0.0175 e. The molecule has 0 saturated heterocycles. The van der Waals surface area contributed by atoms with Gasteiger partial charge in [0, 0.05) is 4.47 Å². The summed E-state index contributed by atoms with van der Waals surface area (Å²) in [5.41, 5.74) is 1.49. The molecule has 0 amide bonds. The van der Waals surface area contributed by atoms with Gasteiger partial charge in [-0.05, 0) is 80.6 Å². The van der Waals surface area contributed by atoms with Crippen LogP contribution in [0.1, 0.15) is 38.7 Å². The predicted molar refractivity (Wildman–Crippen MR) is 90.9 cm³/mol. The Labute approximate surface area is 132 Å². The summed E-state index contributed by atoms with van der Waals surface area (Å²) in [7, 11) is 2.09. The van der Waals surface area contributed by atoms with Crippen LogP contribution < -0.4 is 5.32 Å². The molecule has 2 heteroatoms. The van der Waals surface area contributed by atoms with E-state index in [-0.39, 0.29) is 0 Å². The first-order chi connectivity index (χ1) is 9.60. The Morgan fingerprint density at radius 1 is 1.15 bits per heavy atom. The molecule has 1 aromatic carbocycles. The van der Waals surface area contributed by atoms with Gasteiger partial charge < -0.3 is 5.32 Å². The molecule has 1 fully saturated rings. The predicted octanol–water partition coefficient (Wildman–Crippen LogP) is 4.90. The molecule has 0 heterocycles. The molecular weight excluding hydrogens is 310 g/mol. The normalized spacial score (nSPS) is 26.9. The number of nitrogens with one attached hydrogen (secondary N) is 1. The second kappa shape index (κ2) is 7.61. The van der Waals surface area contributed by atoms with Crippen LogP contribution in [-0.2, 0) is 6.42 Å². The van der Waals surface area contributed by atoms with E-state index >= 15 is 0 Å². The molecule has 3 atom stereocenters. The quantitative estimate of drug-likeness (QED) is 0.805. The maximum absolute atomic E-state index is 3.53. The monoisotopic (exact) mass is 337 g/mol. The van der Waals surface area contributed by atoms with Crippen molar-refractivity contribution in [2.45, 2.75) is 39.5 Å². The average molecular weight is 338 g/mol. The maximum Gasteiger partial charge on any atom is 0.0175 e. The lowest BCUT2D eigenvalue weighted by atomic mass is 9.69. The Hall–Kier alpha value is -0.340. The van der Waals surface area contributed by atoms with E-state index in [1.807, 2.05) is 0 Å². The number of hydrogen-bond acceptors (Lipinski definition) is 1. The summed E-state index contributed by atoms with van der Waals surface area (Å²) in [4.78, 5) is 0. The zero-order chi connectivity index (χ0) is 14.5. The Balaban J connectivity index is 2.04. The molecule has 1 aliphatic rings. The first-order valence-electron chi connectivity index (χ1n) is 7.99. The van der Waals surface area contributed by atoms with Crippen LogP contribution in [0.5, 0.6) is 0 Å². The number of hydrogen-bond donors (Lipinski definition) is 1. The van der Waals surface area contributed by atoms with Crippen molar-refractivity contribution in [3.8, 4) is 0 Å². The van der Waals surface area contributed by atoms with Crippen molar-refractivity contribution in [3.05, 3.63) is 34.3 Å². The standard InChI is InChI=1S/C18H28BrN/c1-13(2)15-6-7-16(12-20-3)17(11-15)10-14-4-8-18(19)9-5-14/h4-5,8-9,13,15-17,20H,6-7,10-12H2,1-3H3. The van der Waals surface area contributed by atoms with E-state index in [0.29, 0.717) is 0 Å². The van der Waals surface area contributed by atoms with E-state index in [4.69, 9.17) is 0 Å². The van der Waals surface area contributed by atoms with E-state index in [1.54, 1.807) is 0 Å². The molecule has 1 aliphatic carbocycles. The Bertz CT molecular complexity index is 398. The van der Waals surface area contributed by atoms with Crippen LogP contribution in [0.3, 0.4) is 0 Å². The summed E-state index contributed by atoms with van der Waals surface area (Å²) in [5, 5.41) is 3.40. The minimum Gasteiger partial charge on any atom is -0.319 e. The lowest BCUT2D eigenvalue weighted by Gasteiger charge is -2.38. The fraction of sp³-hybridized carbons (Fsp3) is 0.667. The maximum atomic E-state index is 3.53. The zero-order valence-corrected chi connectivity index (χ0v) is 14.6. The van der Waals surface area contributed by atoms with Crippen LogP contribution in [0.4, 0.5) is 0 Å². The van der Waals surface area contributed by atoms with E-state index < -0.39 is 0 Å². The third-order valence-electron chi connectivity index (χ3n) is 5.00.